The van der Waals surface area contributed by atoms with Crippen molar-refractivity contribution in [1.29, 1.82) is 0 Å². The second-order valence-corrected chi connectivity index (χ2v) is 11.0. The quantitative estimate of drug-likeness (QED) is 0.110. The summed E-state index contributed by atoms with van der Waals surface area (Å²) < 4.78 is 0. The van der Waals surface area contributed by atoms with Crippen LogP contribution >= 0.6 is 31.2 Å². The summed E-state index contributed by atoms with van der Waals surface area (Å²) >= 11 is 0. The van der Waals surface area contributed by atoms with E-state index in [0.717, 1.165) is 6.29 Å². The van der Waals surface area contributed by atoms with Crippen LogP contribution in [0, 0.1) is 88.7 Å². The largest absolute Gasteiger partial charge is 0.346 e. The van der Waals surface area contributed by atoms with Gasteiger partial charge in [-0.05, 0) is 43.7 Å². The first-order valence-electron chi connectivity index (χ1n) is 12.4. The van der Waals surface area contributed by atoms with Crippen LogP contribution in [-0.4, -0.2) is 6.29 Å². The Hall–Kier alpha value is 1.76. The van der Waals surface area contributed by atoms with E-state index in [2.05, 4.69) is 111 Å². The zero-order valence-electron chi connectivity index (χ0n) is 23.4. The molecule has 2 fully saturated rings. The molecular formula is C34H51IOPU2V2-3. The normalized spacial score (nSPS) is 10.9. The van der Waals surface area contributed by atoms with E-state index in [1.54, 1.807) is 6.92 Å². The number of benzene rings is 3. The Kier molecular flexibility index (Phi) is 56.6. The third-order valence-electron chi connectivity index (χ3n) is 5.39. The van der Waals surface area contributed by atoms with Crippen molar-refractivity contribution in [3.05, 3.63) is 117 Å². The van der Waals surface area contributed by atoms with E-state index in [1.165, 1.54) is 54.4 Å². The van der Waals surface area contributed by atoms with Crippen molar-refractivity contribution in [2.45, 2.75) is 73.6 Å². The average molecular weight is 1210 g/mol. The van der Waals surface area contributed by atoms with Gasteiger partial charge in [0.25, 0.3) is 0 Å². The molecule has 0 aromatic heterocycles. The number of aldehydes is 1. The summed E-state index contributed by atoms with van der Waals surface area (Å²) in [5, 5.41) is 3.95. The van der Waals surface area contributed by atoms with Crippen LogP contribution in [0.25, 0.3) is 0 Å². The Balaban J connectivity index is -0.0000000932. The molecule has 0 spiro atoms. The molecule has 0 atom stereocenters. The van der Waals surface area contributed by atoms with Crippen molar-refractivity contribution >= 4 is 53.4 Å². The van der Waals surface area contributed by atoms with Gasteiger partial charge in [-0.15, -0.1) is 36.8 Å². The number of hydrogen-bond acceptors (Lipinski definition) is 1. The molecule has 0 amide bonds. The van der Waals surface area contributed by atoms with Crippen LogP contribution < -0.4 is 15.9 Å². The zero-order chi connectivity index (χ0) is 24.9. The summed E-state index contributed by atoms with van der Waals surface area (Å²) in [5.41, 5.74) is 0. The third-order valence-corrected chi connectivity index (χ3v) is 8.93. The van der Waals surface area contributed by atoms with Gasteiger partial charge in [0.05, 0.1) is 15.9 Å². The van der Waals surface area contributed by atoms with E-state index in [9.17, 15) is 4.79 Å². The predicted octanol–water partition coefficient (Wildman–Crippen LogP) is 9.84. The van der Waals surface area contributed by atoms with Crippen LogP contribution in [0.15, 0.2) is 91.0 Å². The van der Waals surface area contributed by atoms with Crippen molar-refractivity contribution in [3.8, 4) is 0 Å². The van der Waals surface area contributed by atoms with Gasteiger partial charge in [0.2, 0.25) is 0 Å². The van der Waals surface area contributed by atoms with Crippen LogP contribution in [0.2, 0.25) is 0 Å². The van der Waals surface area contributed by atoms with Gasteiger partial charge in [-0.1, -0.05) is 76.4 Å². The molecule has 0 bridgehead atoms. The number of halogens is 1. The van der Waals surface area contributed by atoms with Crippen LogP contribution in [0.1, 0.15) is 73.6 Å². The second kappa shape index (κ2) is 39.8. The Labute approximate surface area is 344 Å². The van der Waals surface area contributed by atoms with E-state index in [0.29, 0.717) is 6.42 Å². The molecule has 2 aliphatic rings. The molecule has 0 heterocycles. The molecule has 5 rings (SSSR count). The van der Waals surface area contributed by atoms with Crippen LogP contribution in [0.5, 0.6) is 0 Å². The maximum absolute atomic E-state index is 9.17. The Morgan fingerprint density at radius 2 is 0.829 bits per heavy atom. The molecule has 0 aliphatic heterocycles. The van der Waals surface area contributed by atoms with Gasteiger partial charge in [-0.25, -0.2) is 0 Å². The van der Waals surface area contributed by atoms with Crippen molar-refractivity contribution in [2.75, 3.05) is 0 Å². The first kappa shape index (κ1) is 58.3. The molecule has 7 heteroatoms. The molecule has 2 saturated carbocycles. The Morgan fingerprint density at radius 3 is 0.951 bits per heavy atom. The van der Waals surface area contributed by atoms with Crippen LogP contribution in [0.3, 0.4) is 0 Å². The molecule has 1 nitrogen and oxygen atoms in total. The standard InChI is InChI=1S/C19H17P.2C4H7.C3H6O.C2H5.2CH4.HI.2U.2V/c1-20(17-11-5-2-6-12-17,18-13-7-3-8-14-18)19-15-9-4-10-16-19;2*1-2-4-3-1;1-2-3-4;1-2;;;;;;;/h2-16H,1H2;2*1H,2-4H2;3H,2H2,1H3;1H2,2H3;2*1H4;1H;;;;/q;2*-1;;-1;;;;;;;. The molecule has 2 radical (unpaired) electrons. The van der Waals surface area contributed by atoms with Gasteiger partial charge < -0.3 is 24.6 Å². The molecule has 41 heavy (non-hydrogen) atoms. The number of carbonyl (C=O) groups excluding carboxylic acids is 1. The molecule has 0 saturated heterocycles. The van der Waals surface area contributed by atoms with Crippen LogP contribution in [-0.2, 0) is 41.9 Å². The SMILES string of the molecule is C.C.CCC=O.I.[CH-]1CCC1.[CH-]1CCC1.[CH2-]C.[CH2-][P+](c1ccccc1)(c1ccccc1)c1ccccc1.[U].[U].[V].[V]. The van der Waals surface area contributed by atoms with E-state index >= 15 is 0 Å². The fourth-order valence-electron chi connectivity index (χ4n) is 2.90. The van der Waals surface area contributed by atoms with E-state index < -0.39 is 7.26 Å². The summed E-state index contributed by atoms with van der Waals surface area (Å²) in [6.45, 7) is 11.5. The molecule has 0 N–H and O–H groups in total. The second-order valence-electron chi connectivity index (χ2n) is 7.83. The van der Waals surface area contributed by atoms with Crippen LogP contribution in [0.4, 0.5) is 0 Å². The fraction of sp³-hybridized carbons (Fsp3) is 0.324. The predicted molar refractivity (Wildman–Crippen MR) is 183 cm³/mol. The van der Waals surface area contributed by atoms with Crippen molar-refractivity contribution < 1.29 is 104 Å². The first-order valence-corrected chi connectivity index (χ1v) is 14.4. The van der Waals surface area contributed by atoms with Crippen molar-refractivity contribution in [2.24, 2.45) is 0 Å². The number of hydrogen-bond donors (Lipinski definition) is 0. The molecular weight excluding hydrogens is 1160 g/mol. The zero-order valence-corrected chi connectivity index (χ0v) is 37.8. The minimum atomic E-state index is -1.78. The summed E-state index contributed by atoms with van der Waals surface area (Å²) in [5.74, 6) is 0. The van der Waals surface area contributed by atoms with Gasteiger partial charge in [0.15, 0.2) is 0 Å². The van der Waals surface area contributed by atoms with Gasteiger partial charge >= 0.3 is 0 Å². The minimum Gasteiger partial charge on any atom is -0.346 e. The Bertz CT molecular complexity index is 755. The maximum Gasteiger partial charge on any atom is 0.119 e. The maximum atomic E-state index is 9.17. The third kappa shape index (κ3) is 23.7. The van der Waals surface area contributed by atoms with Crippen molar-refractivity contribution in [1.82, 2.24) is 0 Å². The summed E-state index contributed by atoms with van der Waals surface area (Å²) in [6, 6.07) is 31.9. The molecule has 3 aromatic carbocycles. The fourth-order valence-corrected chi connectivity index (χ4v) is 5.84. The summed E-state index contributed by atoms with van der Waals surface area (Å²) in [4.78, 5) is 9.17. The van der Waals surface area contributed by atoms with E-state index in [1.807, 2.05) is 6.92 Å². The van der Waals surface area contributed by atoms with Gasteiger partial charge in [-0.2, -0.15) is 39.3 Å². The molecule has 2 aliphatic carbocycles. The van der Waals surface area contributed by atoms with Crippen molar-refractivity contribution in [3.63, 3.8) is 0 Å². The smallest absolute Gasteiger partial charge is 0.119 e. The van der Waals surface area contributed by atoms with Gasteiger partial charge in [0.1, 0.15) is 6.29 Å². The van der Waals surface area contributed by atoms with Gasteiger partial charge in [-0.3, -0.25) is 0 Å². The molecule has 226 valence electrons. The minimum absolute atomic E-state index is 0. The van der Waals surface area contributed by atoms with E-state index in [4.69, 9.17) is 6.66 Å². The van der Waals surface area contributed by atoms with E-state index in [-0.39, 0.29) is 138 Å². The Morgan fingerprint density at radius 1 is 0.659 bits per heavy atom. The monoisotopic (exact) mass is 1210 g/mol. The van der Waals surface area contributed by atoms with Gasteiger partial charge in [0, 0.05) is 106 Å². The topological polar surface area (TPSA) is 17.1 Å². The average Bonchev–Trinajstić information content (AvgIpc) is 2.84. The number of carbonyl (C=O) groups is 1. The summed E-state index contributed by atoms with van der Waals surface area (Å²) in [6.07, 6.45) is 14.5. The molecule has 0 unspecified atom stereocenters. The first-order chi connectivity index (χ1) is 16.7. The molecule has 3 aromatic rings. The summed E-state index contributed by atoms with van der Waals surface area (Å²) in [7, 11) is -1.78. The number of rotatable bonds is 4.